The fourth-order valence-electron chi connectivity index (χ4n) is 1.12. The largest absolute Gasteiger partial charge is 0.350 e. The number of nitriles is 1. The smallest absolute Gasteiger partial charge is 0.252 e. The van der Waals surface area contributed by atoms with Crippen molar-refractivity contribution in [2.24, 2.45) is 5.41 Å². The second-order valence-electron chi connectivity index (χ2n) is 4.28. The van der Waals surface area contributed by atoms with Gasteiger partial charge in [0.05, 0.1) is 22.1 Å². The standard InChI is InChI=1S/C12H12ClFN2O/c1-12(2,6-15)7-16-11(17)8-4-3-5-9(14)10(8)13/h3-5H,7H2,1-2H3,(H,16,17). The number of nitrogens with one attached hydrogen (secondary N) is 1. The molecular weight excluding hydrogens is 243 g/mol. The Morgan fingerprint density at radius 3 is 2.82 bits per heavy atom. The SMILES string of the molecule is CC(C)(C#N)CNC(=O)c1cccc(F)c1Cl. The molecule has 0 aliphatic heterocycles. The summed E-state index contributed by atoms with van der Waals surface area (Å²) in [5, 5.41) is 11.1. The molecule has 0 radical (unpaired) electrons. The zero-order valence-electron chi connectivity index (χ0n) is 9.55. The summed E-state index contributed by atoms with van der Waals surface area (Å²) in [5.74, 6) is -1.13. The Kier molecular flexibility index (Phi) is 4.08. The molecule has 0 atom stereocenters. The van der Waals surface area contributed by atoms with E-state index >= 15 is 0 Å². The summed E-state index contributed by atoms with van der Waals surface area (Å²) in [6, 6.07) is 6.07. The molecule has 0 heterocycles. The molecule has 0 aliphatic carbocycles. The highest BCUT2D eigenvalue weighted by atomic mass is 35.5. The summed E-state index contributed by atoms with van der Waals surface area (Å²) in [7, 11) is 0. The minimum absolute atomic E-state index is 0.0698. The fourth-order valence-corrected chi connectivity index (χ4v) is 1.33. The van der Waals surface area contributed by atoms with E-state index in [0.717, 1.165) is 0 Å². The number of carbonyl (C=O) groups excluding carboxylic acids is 1. The van der Waals surface area contributed by atoms with Crippen molar-refractivity contribution in [2.75, 3.05) is 6.54 Å². The van der Waals surface area contributed by atoms with Crippen LogP contribution in [-0.4, -0.2) is 12.5 Å². The van der Waals surface area contributed by atoms with Gasteiger partial charge in [-0.1, -0.05) is 17.7 Å². The van der Waals surface area contributed by atoms with Gasteiger partial charge in [0.25, 0.3) is 5.91 Å². The first-order valence-electron chi connectivity index (χ1n) is 5.01. The lowest BCUT2D eigenvalue weighted by Gasteiger charge is -2.16. The van der Waals surface area contributed by atoms with Crippen LogP contribution in [0.4, 0.5) is 4.39 Å². The van der Waals surface area contributed by atoms with E-state index < -0.39 is 17.1 Å². The minimum Gasteiger partial charge on any atom is -0.350 e. The second-order valence-corrected chi connectivity index (χ2v) is 4.66. The number of nitrogens with zero attached hydrogens (tertiary/aromatic N) is 1. The van der Waals surface area contributed by atoms with E-state index in [2.05, 4.69) is 11.4 Å². The molecule has 0 aromatic heterocycles. The zero-order valence-corrected chi connectivity index (χ0v) is 10.3. The highest BCUT2D eigenvalue weighted by Gasteiger charge is 2.19. The van der Waals surface area contributed by atoms with Crippen LogP contribution in [0, 0.1) is 22.6 Å². The van der Waals surface area contributed by atoms with Gasteiger partial charge >= 0.3 is 0 Å². The maximum Gasteiger partial charge on any atom is 0.252 e. The summed E-state index contributed by atoms with van der Waals surface area (Å²) in [4.78, 5) is 11.7. The van der Waals surface area contributed by atoms with Crippen LogP contribution in [0.3, 0.4) is 0 Å². The second kappa shape index (κ2) is 5.15. The maximum atomic E-state index is 13.1. The van der Waals surface area contributed by atoms with E-state index in [1.807, 2.05) is 0 Å². The number of hydrogen-bond acceptors (Lipinski definition) is 2. The molecule has 5 heteroatoms. The summed E-state index contributed by atoms with van der Waals surface area (Å²) in [5.41, 5.74) is -0.601. The molecule has 3 nitrogen and oxygen atoms in total. The van der Waals surface area contributed by atoms with Gasteiger partial charge in [0.15, 0.2) is 0 Å². The van der Waals surface area contributed by atoms with E-state index in [9.17, 15) is 9.18 Å². The molecule has 0 saturated carbocycles. The van der Waals surface area contributed by atoms with Crippen LogP contribution in [0.25, 0.3) is 0 Å². The first kappa shape index (κ1) is 13.5. The van der Waals surface area contributed by atoms with Crippen molar-refractivity contribution >= 4 is 17.5 Å². The highest BCUT2D eigenvalue weighted by Crippen LogP contribution is 2.20. The van der Waals surface area contributed by atoms with Gasteiger partial charge < -0.3 is 5.32 Å². The molecule has 0 saturated heterocycles. The van der Waals surface area contributed by atoms with Crippen LogP contribution in [0.5, 0.6) is 0 Å². The third kappa shape index (κ3) is 3.43. The number of benzene rings is 1. The number of halogens is 2. The molecule has 0 spiro atoms. The molecule has 0 aliphatic rings. The summed E-state index contributed by atoms with van der Waals surface area (Å²) in [6.45, 7) is 3.57. The van der Waals surface area contributed by atoms with Gasteiger partial charge in [0, 0.05) is 6.54 Å². The van der Waals surface area contributed by atoms with Crippen LogP contribution < -0.4 is 5.32 Å². The van der Waals surface area contributed by atoms with Crippen molar-refractivity contribution in [1.82, 2.24) is 5.32 Å². The van der Waals surface area contributed by atoms with Gasteiger partial charge in [0.2, 0.25) is 0 Å². The van der Waals surface area contributed by atoms with E-state index in [1.165, 1.54) is 18.2 Å². The fraction of sp³-hybridized carbons (Fsp3) is 0.333. The average Bonchev–Trinajstić information content (AvgIpc) is 2.30. The number of hydrogen-bond donors (Lipinski definition) is 1. The van der Waals surface area contributed by atoms with Crippen molar-refractivity contribution < 1.29 is 9.18 Å². The Labute approximate surface area is 104 Å². The van der Waals surface area contributed by atoms with Crippen molar-refractivity contribution in [1.29, 1.82) is 5.26 Å². The van der Waals surface area contributed by atoms with Gasteiger partial charge in [-0.15, -0.1) is 0 Å². The summed E-state index contributed by atoms with van der Waals surface area (Å²) < 4.78 is 13.1. The number of rotatable bonds is 3. The van der Waals surface area contributed by atoms with Crippen LogP contribution in [0.2, 0.25) is 5.02 Å². The first-order chi connectivity index (χ1) is 7.87. The first-order valence-corrected chi connectivity index (χ1v) is 5.38. The van der Waals surface area contributed by atoms with Gasteiger partial charge in [0.1, 0.15) is 5.82 Å². The molecule has 1 rings (SSSR count). The number of carbonyl (C=O) groups is 1. The zero-order chi connectivity index (χ0) is 13.1. The molecule has 90 valence electrons. The predicted octanol–water partition coefficient (Wildman–Crippen LogP) is 2.76. The van der Waals surface area contributed by atoms with Gasteiger partial charge in [-0.05, 0) is 26.0 Å². The monoisotopic (exact) mass is 254 g/mol. The van der Waals surface area contributed by atoms with Crippen molar-refractivity contribution in [3.63, 3.8) is 0 Å². The van der Waals surface area contributed by atoms with E-state index in [4.69, 9.17) is 16.9 Å². The van der Waals surface area contributed by atoms with Crippen LogP contribution in [0.1, 0.15) is 24.2 Å². The van der Waals surface area contributed by atoms with E-state index in [1.54, 1.807) is 13.8 Å². The maximum absolute atomic E-state index is 13.1. The number of amides is 1. The van der Waals surface area contributed by atoms with Gasteiger partial charge in [-0.25, -0.2) is 4.39 Å². The third-order valence-electron chi connectivity index (χ3n) is 2.19. The van der Waals surface area contributed by atoms with E-state index in [0.29, 0.717) is 0 Å². The summed E-state index contributed by atoms with van der Waals surface area (Å²) >= 11 is 5.67. The highest BCUT2D eigenvalue weighted by molar-refractivity contribution is 6.34. The molecule has 0 unspecified atom stereocenters. The Morgan fingerprint density at radius 1 is 1.59 bits per heavy atom. The minimum atomic E-state index is -0.671. The molecule has 1 amide bonds. The van der Waals surface area contributed by atoms with Crippen LogP contribution in [0.15, 0.2) is 18.2 Å². The molecule has 17 heavy (non-hydrogen) atoms. The third-order valence-corrected chi connectivity index (χ3v) is 2.57. The van der Waals surface area contributed by atoms with Gasteiger partial charge in [-0.2, -0.15) is 5.26 Å². The Bertz CT molecular complexity index is 480. The van der Waals surface area contributed by atoms with Gasteiger partial charge in [-0.3, -0.25) is 4.79 Å². The predicted molar refractivity (Wildman–Crippen MR) is 63.1 cm³/mol. The molecule has 1 aromatic rings. The van der Waals surface area contributed by atoms with Crippen molar-refractivity contribution in [3.05, 3.63) is 34.6 Å². The van der Waals surface area contributed by atoms with Crippen LogP contribution in [-0.2, 0) is 0 Å². The van der Waals surface area contributed by atoms with E-state index in [-0.39, 0.29) is 17.1 Å². The molecule has 0 bridgehead atoms. The lowest BCUT2D eigenvalue weighted by Crippen LogP contribution is -2.33. The lowest BCUT2D eigenvalue weighted by atomic mass is 9.96. The van der Waals surface area contributed by atoms with Crippen molar-refractivity contribution in [2.45, 2.75) is 13.8 Å². The van der Waals surface area contributed by atoms with Crippen LogP contribution >= 0.6 is 11.6 Å². The Hall–Kier alpha value is -1.60. The average molecular weight is 255 g/mol. The Morgan fingerprint density at radius 2 is 2.24 bits per heavy atom. The molecule has 1 N–H and O–H groups in total. The molecule has 1 aromatic carbocycles. The molecular formula is C12H12ClFN2O. The molecule has 0 fully saturated rings. The Balaban J connectivity index is 2.79. The summed E-state index contributed by atoms with van der Waals surface area (Å²) in [6.07, 6.45) is 0. The quantitative estimate of drug-likeness (QED) is 0.902. The van der Waals surface area contributed by atoms with Crippen molar-refractivity contribution in [3.8, 4) is 6.07 Å². The normalized spacial score (nSPS) is 10.8. The topological polar surface area (TPSA) is 52.9 Å². The lowest BCUT2D eigenvalue weighted by molar-refractivity contribution is 0.0943.